The van der Waals surface area contributed by atoms with Gasteiger partial charge in [0.2, 0.25) is 5.28 Å². The van der Waals surface area contributed by atoms with E-state index in [1.807, 2.05) is 48.5 Å². The minimum Gasteiger partial charge on any atom is -0.456 e. The Hall–Kier alpha value is -5.80. The molecule has 9 heteroatoms. The van der Waals surface area contributed by atoms with Gasteiger partial charge in [0.25, 0.3) is 0 Å². The number of fused-ring (bicyclic) bond motifs is 6. The standard InChI is InChI=1S/C45H34BClN4O3/c1-44(2)45(3,54-46(53-44)31-14-11-15-32(26-31)51-37-19-7-4-16-33(37)34-17-5-8-20-38(34)51)27-28-12-10-13-29(24-28)41-48-42(50-43(47)49-41)30-22-23-36-35-18-6-9-21-39(35)52-40(36)25-30/h4-26H,27H2,1-3H3. The lowest BCUT2D eigenvalue weighted by Gasteiger charge is -2.36. The van der Waals surface area contributed by atoms with Gasteiger partial charge < -0.3 is 18.3 Å². The molecule has 0 amide bonds. The Kier molecular flexibility index (Phi) is 7.53. The van der Waals surface area contributed by atoms with Crippen molar-refractivity contribution < 1.29 is 13.7 Å². The summed E-state index contributed by atoms with van der Waals surface area (Å²) in [4.78, 5) is 13.9. The van der Waals surface area contributed by atoms with Gasteiger partial charge in [-0.25, -0.2) is 4.98 Å². The van der Waals surface area contributed by atoms with Gasteiger partial charge in [0.05, 0.1) is 22.2 Å². The quantitative estimate of drug-likeness (QED) is 0.159. The molecule has 0 spiro atoms. The monoisotopic (exact) mass is 724 g/mol. The molecule has 0 aliphatic carbocycles. The van der Waals surface area contributed by atoms with Gasteiger partial charge in [-0.15, -0.1) is 0 Å². The molecule has 0 N–H and O–H groups in total. The lowest BCUT2D eigenvalue weighted by Crippen LogP contribution is -2.46. The zero-order chi connectivity index (χ0) is 36.6. The van der Waals surface area contributed by atoms with Gasteiger partial charge in [0, 0.05) is 44.8 Å². The molecule has 0 bridgehead atoms. The van der Waals surface area contributed by atoms with Gasteiger partial charge in [-0.2, -0.15) is 9.97 Å². The first-order valence-corrected chi connectivity index (χ1v) is 18.5. The molecule has 6 aromatic carbocycles. The van der Waals surface area contributed by atoms with Crippen molar-refractivity contribution in [2.45, 2.75) is 38.4 Å². The largest absolute Gasteiger partial charge is 0.494 e. The fraction of sp³-hybridized carbons (Fsp3) is 0.133. The molecule has 4 heterocycles. The normalized spacial score (nSPS) is 17.0. The van der Waals surface area contributed by atoms with E-state index in [2.05, 4.69) is 126 Å². The number of rotatable bonds is 6. The highest BCUT2D eigenvalue weighted by Crippen LogP contribution is 2.41. The Morgan fingerprint density at radius 3 is 2.00 bits per heavy atom. The van der Waals surface area contributed by atoms with Gasteiger partial charge in [-0.1, -0.05) is 91.0 Å². The Morgan fingerprint density at radius 2 is 1.24 bits per heavy atom. The van der Waals surface area contributed by atoms with Crippen molar-refractivity contribution in [1.82, 2.24) is 19.5 Å². The van der Waals surface area contributed by atoms with Gasteiger partial charge in [0.15, 0.2) is 11.6 Å². The molecule has 0 saturated carbocycles. The third-order valence-corrected chi connectivity index (χ3v) is 11.2. The van der Waals surface area contributed by atoms with E-state index in [4.69, 9.17) is 30.3 Å². The van der Waals surface area contributed by atoms with E-state index >= 15 is 0 Å². The van der Waals surface area contributed by atoms with Gasteiger partial charge >= 0.3 is 7.12 Å². The maximum absolute atomic E-state index is 6.90. The highest BCUT2D eigenvalue weighted by atomic mass is 35.5. The molecule has 1 aliphatic rings. The minimum absolute atomic E-state index is 0.122. The first-order valence-electron chi connectivity index (χ1n) is 18.1. The topological polar surface area (TPSA) is 75.2 Å². The van der Waals surface area contributed by atoms with Crippen molar-refractivity contribution in [3.05, 3.63) is 150 Å². The molecule has 9 aromatic rings. The fourth-order valence-corrected chi connectivity index (χ4v) is 8.04. The van der Waals surface area contributed by atoms with E-state index in [0.717, 1.165) is 60.8 Å². The molecule has 1 saturated heterocycles. The molecule has 7 nitrogen and oxygen atoms in total. The summed E-state index contributed by atoms with van der Waals surface area (Å²) in [5.41, 5.74) is 7.38. The number of hydrogen-bond acceptors (Lipinski definition) is 6. The zero-order valence-electron chi connectivity index (χ0n) is 30.0. The first-order chi connectivity index (χ1) is 26.2. The third-order valence-electron chi connectivity index (χ3n) is 11.0. The maximum atomic E-state index is 6.90. The van der Waals surface area contributed by atoms with E-state index in [1.54, 1.807) is 0 Å². The van der Waals surface area contributed by atoms with Crippen LogP contribution in [0.4, 0.5) is 0 Å². The van der Waals surface area contributed by atoms with E-state index < -0.39 is 18.3 Å². The predicted octanol–water partition coefficient (Wildman–Crippen LogP) is 10.4. The second kappa shape index (κ2) is 12.4. The summed E-state index contributed by atoms with van der Waals surface area (Å²) < 4.78 is 22.1. The van der Waals surface area contributed by atoms with E-state index in [9.17, 15) is 0 Å². The molecular formula is C45H34BClN4O3. The molecule has 3 aromatic heterocycles. The lowest BCUT2D eigenvalue weighted by molar-refractivity contribution is -0.00876. The second-order valence-corrected chi connectivity index (χ2v) is 15.0. The Balaban J connectivity index is 0.941. The number of nitrogens with zero attached hydrogens (tertiary/aromatic N) is 4. The molecule has 10 rings (SSSR count). The first kappa shape index (κ1) is 32.8. The van der Waals surface area contributed by atoms with Gasteiger partial charge in [-0.05, 0) is 91.9 Å². The summed E-state index contributed by atoms with van der Waals surface area (Å²) in [6.07, 6.45) is 0.602. The summed E-state index contributed by atoms with van der Waals surface area (Å²) >= 11 is 6.52. The van der Waals surface area contributed by atoms with Crippen LogP contribution in [0.5, 0.6) is 0 Å². The van der Waals surface area contributed by atoms with Crippen molar-refractivity contribution >= 4 is 67.9 Å². The highest BCUT2D eigenvalue weighted by Gasteiger charge is 2.54. The van der Waals surface area contributed by atoms with Crippen molar-refractivity contribution in [2.24, 2.45) is 0 Å². The minimum atomic E-state index is -0.650. The summed E-state index contributed by atoms with van der Waals surface area (Å²) in [5.74, 6) is 0.966. The molecule has 1 atom stereocenters. The molecule has 262 valence electrons. The Bertz CT molecular complexity index is 2870. The maximum Gasteiger partial charge on any atom is 0.494 e. The molecule has 1 aliphatic heterocycles. The molecule has 1 unspecified atom stereocenters. The van der Waals surface area contributed by atoms with Crippen LogP contribution in [0.2, 0.25) is 5.28 Å². The number of furan rings is 1. The van der Waals surface area contributed by atoms with E-state index in [-0.39, 0.29) is 5.28 Å². The van der Waals surface area contributed by atoms with Gasteiger partial charge in [0.1, 0.15) is 11.2 Å². The second-order valence-electron chi connectivity index (χ2n) is 14.7. The molecule has 1 fully saturated rings. The Morgan fingerprint density at radius 1 is 0.593 bits per heavy atom. The number of para-hydroxylation sites is 3. The molecule has 54 heavy (non-hydrogen) atoms. The Labute approximate surface area is 317 Å². The van der Waals surface area contributed by atoms with Crippen LogP contribution in [0.25, 0.3) is 72.2 Å². The number of aromatic nitrogens is 4. The number of halogens is 1. The van der Waals surface area contributed by atoms with Crippen LogP contribution in [0.15, 0.2) is 144 Å². The van der Waals surface area contributed by atoms with Crippen molar-refractivity contribution in [1.29, 1.82) is 0 Å². The van der Waals surface area contributed by atoms with Crippen LogP contribution >= 0.6 is 11.6 Å². The van der Waals surface area contributed by atoms with E-state index in [0.29, 0.717) is 18.1 Å². The molecular weight excluding hydrogens is 691 g/mol. The summed E-state index contributed by atoms with van der Waals surface area (Å²) in [6.45, 7) is 6.33. The average Bonchev–Trinajstić information content (AvgIpc) is 3.80. The van der Waals surface area contributed by atoms with Gasteiger partial charge in [-0.3, -0.25) is 0 Å². The summed E-state index contributed by atoms with van der Waals surface area (Å²) in [5, 5.41) is 4.68. The van der Waals surface area contributed by atoms with Crippen LogP contribution in [-0.2, 0) is 15.7 Å². The fourth-order valence-electron chi connectivity index (χ4n) is 7.88. The lowest BCUT2D eigenvalue weighted by atomic mass is 9.79. The van der Waals surface area contributed by atoms with Crippen molar-refractivity contribution in [3.8, 4) is 28.5 Å². The van der Waals surface area contributed by atoms with Crippen molar-refractivity contribution in [3.63, 3.8) is 0 Å². The van der Waals surface area contributed by atoms with E-state index in [1.165, 1.54) is 10.8 Å². The smallest absolute Gasteiger partial charge is 0.456 e. The number of benzene rings is 6. The average molecular weight is 725 g/mol. The van der Waals surface area contributed by atoms with Crippen molar-refractivity contribution in [2.75, 3.05) is 0 Å². The van der Waals surface area contributed by atoms with Crippen LogP contribution in [0, 0.1) is 0 Å². The number of hydrogen-bond donors (Lipinski definition) is 0. The zero-order valence-corrected chi connectivity index (χ0v) is 30.7. The van der Waals surface area contributed by atoms with Crippen LogP contribution < -0.4 is 5.46 Å². The van der Waals surface area contributed by atoms with Crippen LogP contribution in [0.3, 0.4) is 0 Å². The third kappa shape index (κ3) is 5.40. The van der Waals surface area contributed by atoms with Crippen LogP contribution in [0.1, 0.15) is 26.3 Å². The molecule has 0 radical (unpaired) electrons. The summed E-state index contributed by atoms with van der Waals surface area (Å²) in [7, 11) is -0.546. The van der Waals surface area contributed by atoms with Crippen LogP contribution in [-0.4, -0.2) is 37.8 Å². The SMILES string of the molecule is CC1(C)OB(c2cccc(-n3c4ccccc4c4ccccc43)c2)OC1(C)Cc1cccc(-c2nc(Cl)nc(-c3ccc4c(c3)oc3ccccc34)n2)c1. The summed E-state index contributed by atoms with van der Waals surface area (Å²) in [6, 6.07) is 47.7. The predicted molar refractivity (Wildman–Crippen MR) is 218 cm³/mol. The highest BCUT2D eigenvalue weighted by molar-refractivity contribution is 6.62.